The number of aryl methyl sites for hydroxylation is 1. The molecule has 0 bridgehead atoms. The monoisotopic (exact) mass is 704 g/mol. The van der Waals surface area contributed by atoms with E-state index < -0.39 is 0 Å². The molecule has 1 aromatic carbocycles. The molecular weight excluding hydrogens is 672 g/mol. The van der Waals surface area contributed by atoms with Gasteiger partial charge in [0.05, 0.1) is 30.7 Å². The van der Waals surface area contributed by atoms with E-state index in [1.54, 1.807) is 22.7 Å². The van der Waals surface area contributed by atoms with Crippen LogP contribution < -0.4 is 0 Å². The molecule has 0 saturated carbocycles. The van der Waals surface area contributed by atoms with Gasteiger partial charge in [-0.25, -0.2) is 9.97 Å². The van der Waals surface area contributed by atoms with Gasteiger partial charge < -0.3 is 0 Å². The van der Waals surface area contributed by atoms with Crippen LogP contribution in [0.3, 0.4) is 0 Å². The van der Waals surface area contributed by atoms with E-state index in [0.717, 1.165) is 69.8 Å². The Bertz CT molecular complexity index is 1550. The first-order chi connectivity index (χ1) is 19.0. The molecule has 206 valence electrons. The minimum absolute atomic E-state index is 0.628. The van der Waals surface area contributed by atoms with Gasteiger partial charge in [-0.15, -0.1) is 22.7 Å². The first-order valence-electron chi connectivity index (χ1n) is 14.0. The van der Waals surface area contributed by atoms with Crippen molar-refractivity contribution in [2.45, 2.75) is 85.0 Å². The van der Waals surface area contributed by atoms with Crippen LogP contribution >= 0.6 is 66.3 Å². The zero-order valence-corrected chi connectivity index (χ0v) is 28.3. The van der Waals surface area contributed by atoms with Gasteiger partial charge in [0.2, 0.25) is 0 Å². The molecule has 0 radical (unpaired) electrons. The van der Waals surface area contributed by atoms with E-state index in [-0.39, 0.29) is 0 Å². The van der Waals surface area contributed by atoms with Crippen LogP contribution in [0.4, 0.5) is 0 Å². The summed E-state index contributed by atoms with van der Waals surface area (Å²) >= 11 is 12.1. The molecule has 0 spiro atoms. The summed E-state index contributed by atoms with van der Waals surface area (Å²) in [5.41, 5.74) is 8.25. The highest BCUT2D eigenvalue weighted by atomic mass is 79.9. The maximum Gasteiger partial charge on any atom is 0.116 e. The Morgan fingerprint density at radius 3 is 1.79 bits per heavy atom. The topological polar surface area (TPSA) is 51.6 Å². The summed E-state index contributed by atoms with van der Waals surface area (Å²) in [5, 5.41) is 0. The summed E-state index contributed by atoms with van der Waals surface area (Å²) < 4.78 is 11.9. The fraction of sp³-hybridized carbons (Fsp3) is 0.467. The third-order valence-corrected chi connectivity index (χ3v) is 11.2. The molecule has 9 heteroatoms. The number of fused-ring (bicyclic) bond motifs is 2. The molecule has 5 rings (SSSR count). The molecule has 0 fully saturated rings. The first kappa shape index (κ1) is 29.2. The standard InChI is InChI=1S/C30H34Br2N4S3/c1-4-7-9-10-12-19-20(17-18(6-3)11-8-5-2)34-28-26(22-14-16-24(32)38-22)30-29(35-39-36-30)25(27(28)33-19)21-13-15-23(31)37-21/h13-16,18H,4-12,17H2,1-3H3. The molecule has 0 N–H and O–H groups in total. The summed E-state index contributed by atoms with van der Waals surface area (Å²) in [6, 6.07) is 8.54. The molecule has 1 unspecified atom stereocenters. The molecular formula is C30H34Br2N4S3. The van der Waals surface area contributed by atoms with Crippen LogP contribution in [0.2, 0.25) is 0 Å². The van der Waals surface area contributed by atoms with Crippen molar-refractivity contribution in [1.82, 2.24) is 18.7 Å². The van der Waals surface area contributed by atoms with Crippen molar-refractivity contribution >= 4 is 88.3 Å². The number of hydrogen-bond donors (Lipinski definition) is 0. The second-order valence-electron chi connectivity index (χ2n) is 10.2. The zero-order valence-electron chi connectivity index (χ0n) is 22.7. The fourth-order valence-corrected chi connectivity index (χ4v) is 8.68. The zero-order chi connectivity index (χ0) is 27.4. The normalized spacial score (nSPS) is 12.6. The van der Waals surface area contributed by atoms with Crippen molar-refractivity contribution in [2.24, 2.45) is 5.92 Å². The lowest BCUT2D eigenvalue weighted by molar-refractivity contribution is 0.443. The molecule has 4 heterocycles. The van der Waals surface area contributed by atoms with Gasteiger partial charge in [0, 0.05) is 20.9 Å². The number of halogens is 2. The fourth-order valence-electron chi connectivity index (χ4n) is 5.26. The lowest BCUT2D eigenvalue weighted by atomic mass is 9.92. The minimum atomic E-state index is 0.628. The van der Waals surface area contributed by atoms with Crippen LogP contribution in [0, 0.1) is 5.92 Å². The smallest absolute Gasteiger partial charge is 0.116 e. The molecule has 0 aliphatic heterocycles. The average molecular weight is 707 g/mol. The van der Waals surface area contributed by atoms with Gasteiger partial charge in [-0.1, -0.05) is 65.7 Å². The van der Waals surface area contributed by atoms with Crippen LogP contribution in [0.5, 0.6) is 0 Å². The summed E-state index contributed by atoms with van der Waals surface area (Å²) in [6.07, 6.45) is 11.8. The molecule has 0 aliphatic carbocycles. The summed E-state index contributed by atoms with van der Waals surface area (Å²) in [4.78, 5) is 13.3. The predicted octanol–water partition coefficient (Wildman–Crippen LogP) is 11.5. The molecule has 0 saturated heterocycles. The third kappa shape index (κ3) is 6.48. The van der Waals surface area contributed by atoms with Crippen molar-refractivity contribution in [2.75, 3.05) is 0 Å². The highest BCUT2D eigenvalue weighted by Gasteiger charge is 2.26. The molecule has 1 atom stereocenters. The molecule has 0 aliphatic rings. The van der Waals surface area contributed by atoms with Crippen LogP contribution in [-0.4, -0.2) is 18.7 Å². The Kier molecular flexibility index (Phi) is 10.2. The Balaban J connectivity index is 1.78. The van der Waals surface area contributed by atoms with Crippen LogP contribution in [0.25, 0.3) is 42.9 Å². The van der Waals surface area contributed by atoms with Crippen LogP contribution in [0.15, 0.2) is 31.8 Å². The predicted molar refractivity (Wildman–Crippen MR) is 177 cm³/mol. The van der Waals surface area contributed by atoms with E-state index in [9.17, 15) is 0 Å². The third-order valence-electron chi connectivity index (χ3n) is 7.42. The summed E-state index contributed by atoms with van der Waals surface area (Å²) in [7, 11) is 0. The second-order valence-corrected chi connectivity index (χ2v) is 15.6. The number of thiophene rings is 2. The SMILES string of the molecule is CCCCCCc1nc2c(-c3ccc(Br)s3)c3nsnc3c(-c3ccc(Br)s3)c2nc1CC(CC)CCCC. The quantitative estimate of drug-likeness (QED) is 0.114. The lowest BCUT2D eigenvalue weighted by Crippen LogP contribution is -2.11. The minimum Gasteiger partial charge on any atom is -0.248 e. The van der Waals surface area contributed by atoms with Crippen molar-refractivity contribution in [3.05, 3.63) is 43.2 Å². The molecule has 39 heavy (non-hydrogen) atoms. The number of benzene rings is 1. The maximum atomic E-state index is 5.54. The molecule has 4 aromatic heterocycles. The van der Waals surface area contributed by atoms with Gasteiger partial charge in [-0.05, 0) is 81.3 Å². The van der Waals surface area contributed by atoms with Crippen molar-refractivity contribution in [3.63, 3.8) is 0 Å². The number of unbranched alkanes of at least 4 members (excludes halogenated alkanes) is 4. The van der Waals surface area contributed by atoms with E-state index in [4.69, 9.17) is 18.7 Å². The number of aromatic nitrogens is 4. The van der Waals surface area contributed by atoms with Gasteiger partial charge in [0.1, 0.15) is 22.1 Å². The van der Waals surface area contributed by atoms with E-state index >= 15 is 0 Å². The Morgan fingerprint density at radius 2 is 1.28 bits per heavy atom. The van der Waals surface area contributed by atoms with Crippen molar-refractivity contribution < 1.29 is 0 Å². The van der Waals surface area contributed by atoms with Crippen molar-refractivity contribution in [1.29, 1.82) is 0 Å². The highest BCUT2D eigenvalue weighted by molar-refractivity contribution is 9.11. The maximum absolute atomic E-state index is 5.54. The van der Waals surface area contributed by atoms with E-state index in [2.05, 4.69) is 76.9 Å². The summed E-state index contributed by atoms with van der Waals surface area (Å²) in [6.45, 7) is 6.87. The van der Waals surface area contributed by atoms with Gasteiger partial charge in [0.15, 0.2) is 0 Å². The van der Waals surface area contributed by atoms with Gasteiger partial charge >= 0.3 is 0 Å². The average Bonchev–Trinajstić information content (AvgIpc) is 3.69. The van der Waals surface area contributed by atoms with Crippen LogP contribution in [-0.2, 0) is 12.8 Å². The largest absolute Gasteiger partial charge is 0.248 e. The van der Waals surface area contributed by atoms with Gasteiger partial charge in [-0.3, -0.25) is 0 Å². The molecule has 4 nitrogen and oxygen atoms in total. The van der Waals surface area contributed by atoms with E-state index in [1.165, 1.54) is 68.1 Å². The Hall–Kier alpha value is -1.26. The van der Waals surface area contributed by atoms with Gasteiger partial charge in [-0.2, -0.15) is 8.75 Å². The summed E-state index contributed by atoms with van der Waals surface area (Å²) in [5.74, 6) is 0.628. The second kappa shape index (κ2) is 13.6. The number of nitrogens with zero attached hydrogens (tertiary/aromatic N) is 4. The molecule has 5 aromatic rings. The Labute approximate surface area is 260 Å². The van der Waals surface area contributed by atoms with Gasteiger partial charge in [0.25, 0.3) is 0 Å². The number of hydrogen-bond acceptors (Lipinski definition) is 7. The first-order valence-corrected chi connectivity index (χ1v) is 18.0. The van der Waals surface area contributed by atoms with Crippen molar-refractivity contribution in [3.8, 4) is 20.9 Å². The van der Waals surface area contributed by atoms with Crippen LogP contribution in [0.1, 0.15) is 83.5 Å². The Morgan fingerprint density at radius 1 is 0.692 bits per heavy atom. The number of rotatable bonds is 13. The lowest BCUT2D eigenvalue weighted by Gasteiger charge is -2.18. The highest BCUT2D eigenvalue weighted by Crippen LogP contribution is 2.46. The molecule has 0 amide bonds. The van der Waals surface area contributed by atoms with E-state index in [0.29, 0.717) is 5.92 Å². The van der Waals surface area contributed by atoms with E-state index in [1.807, 2.05) is 0 Å².